The van der Waals surface area contributed by atoms with E-state index in [1.165, 1.54) is 27.5 Å². The highest BCUT2D eigenvalue weighted by Crippen LogP contribution is 2.38. The molecule has 0 unspecified atom stereocenters. The van der Waals surface area contributed by atoms with Gasteiger partial charge in [0.2, 0.25) is 0 Å². The van der Waals surface area contributed by atoms with E-state index in [0.717, 1.165) is 78.9 Å². The summed E-state index contributed by atoms with van der Waals surface area (Å²) in [5, 5.41) is 6.98. The highest BCUT2D eigenvalue weighted by atomic mass is 16.3. The number of allylic oxidation sites excluding steroid dienone is 1. The topological polar surface area (TPSA) is 51.8 Å². The molecule has 0 radical (unpaired) electrons. The van der Waals surface area contributed by atoms with E-state index in [-0.39, 0.29) is 0 Å². The third-order valence-electron chi connectivity index (χ3n) is 11.0. The fourth-order valence-corrected chi connectivity index (χ4v) is 8.08. The van der Waals surface area contributed by atoms with E-state index < -0.39 is 0 Å². The van der Waals surface area contributed by atoms with Gasteiger partial charge in [-0.2, -0.15) is 0 Å². The van der Waals surface area contributed by atoms with Crippen molar-refractivity contribution in [2.75, 3.05) is 0 Å². The molecule has 2 aromatic heterocycles. The van der Waals surface area contributed by atoms with Crippen molar-refractivity contribution in [2.45, 2.75) is 12.8 Å². The lowest BCUT2D eigenvalue weighted by Gasteiger charge is -2.13. The van der Waals surface area contributed by atoms with Crippen molar-refractivity contribution in [3.63, 3.8) is 0 Å². The van der Waals surface area contributed by atoms with Gasteiger partial charge >= 0.3 is 0 Å². The second-order valence-corrected chi connectivity index (χ2v) is 14.4. The average molecular weight is 704 g/mol. The summed E-state index contributed by atoms with van der Waals surface area (Å²) in [4.78, 5) is 15.4. The number of aromatic nitrogens is 3. The number of hydrogen-bond acceptors (Lipinski definition) is 4. The quantitative estimate of drug-likeness (QED) is 0.179. The van der Waals surface area contributed by atoms with Crippen LogP contribution in [0.15, 0.2) is 174 Å². The molecule has 2 heterocycles. The SMILES string of the molecule is C1=Cc2cc(-c3nc(-c4ccc(-c5ccc6ccccc6c5)cc4)nc(-c4ccc5ccc(-c6cccc7oc8ccccc8c67)cc5c4)n3)ccc2CC1. The van der Waals surface area contributed by atoms with Crippen LogP contribution in [0.1, 0.15) is 17.5 Å². The van der Waals surface area contributed by atoms with E-state index in [0.29, 0.717) is 17.5 Å². The number of benzene rings is 8. The molecule has 8 aromatic carbocycles. The summed E-state index contributed by atoms with van der Waals surface area (Å²) in [6.07, 6.45) is 6.57. The monoisotopic (exact) mass is 703 g/mol. The molecule has 4 nitrogen and oxygen atoms in total. The Morgan fingerprint density at radius 1 is 0.418 bits per heavy atom. The first kappa shape index (κ1) is 31.4. The zero-order valence-corrected chi connectivity index (χ0v) is 29.9. The molecule has 0 bridgehead atoms. The smallest absolute Gasteiger partial charge is 0.164 e. The van der Waals surface area contributed by atoms with Crippen LogP contribution in [0, 0.1) is 0 Å². The normalized spacial score (nSPS) is 12.5. The maximum absolute atomic E-state index is 6.22. The number of nitrogens with zero attached hydrogens (tertiary/aromatic N) is 3. The van der Waals surface area contributed by atoms with Crippen LogP contribution in [-0.4, -0.2) is 15.0 Å². The maximum atomic E-state index is 6.22. The molecule has 0 N–H and O–H groups in total. The summed E-state index contributed by atoms with van der Waals surface area (Å²) in [6.45, 7) is 0. The largest absolute Gasteiger partial charge is 0.456 e. The summed E-state index contributed by atoms with van der Waals surface area (Å²) < 4.78 is 6.22. The van der Waals surface area contributed by atoms with Crippen LogP contribution in [0.5, 0.6) is 0 Å². The van der Waals surface area contributed by atoms with Crippen LogP contribution < -0.4 is 0 Å². The number of aryl methyl sites for hydroxylation is 1. The fraction of sp³-hybridized carbons (Fsp3) is 0.0392. The zero-order valence-electron chi connectivity index (χ0n) is 29.9. The Labute approximate surface area is 318 Å². The molecule has 1 aliphatic carbocycles. The molecule has 55 heavy (non-hydrogen) atoms. The van der Waals surface area contributed by atoms with Crippen LogP contribution in [-0.2, 0) is 6.42 Å². The fourth-order valence-electron chi connectivity index (χ4n) is 8.08. The molecule has 10 aromatic rings. The predicted octanol–water partition coefficient (Wildman–Crippen LogP) is 13.4. The summed E-state index contributed by atoms with van der Waals surface area (Å²) in [6, 6.07) is 57.9. The van der Waals surface area contributed by atoms with Crippen molar-refractivity contribution < 1.29 is 4.42 Å². The first-order valence-corrected chi connectivity index (χ1v) is 18.8. The maximum Gasteiger partial charge on any atom is 0.164 e. The molecular formula is C51H33N3O. The summed E-state index contributed by atoms with van der Waals surface area (Å²) in [5.74, 6) is 1.94. The molecule has 0 aliphatic heterocycles. The third kappa shape index (κ3) is 5.58. The first-order valence-electron chi connectivity index (χ1n) is 18.8. The standard InChI is InChI=1S/C51H33N3O/c1-3-10-37-28-39(24-18-32(37)8-1)34-16-22-36(23-17-34)49-52-50(41-26-20-33-9-2-4-11-38(33)29-41)54-51(53-49)42-27-21-35-19-25-40(30-43(35)31-42)44-13-7-15-47-48(44)45-12-5-6-14-46(45)55-47/h1,3-8,10-31H,2,9H2. The van der Waals surface area contributed by atoms with Crippen LogP contribution in [0.25, 0.3) is 106 Å². The van der Waals surface area contributed by atoms with Crippen LogP contribution in [0.2, 0.25) is 0 Å². The lowest BCUT2D eigenvalue weighted by atomic mass is 9.95. The van der Waals surface area contributed by atoms with Gasteiger partial charge in [-0.1, -0.05) is 140 Å². The number of para-hydroxylation sites is 1. The van der Waals surface area contributed by atoms with Crippen LogP contribution in [0.4, 0.5) is 0 Å². The Hall–Kier alpha value is -7.17. The lowest BCUT2D eigenvalue weighted by molar-refractivity contribution is 0.669. The van der Waals surface area contributed by atoms with E-state index in [9.17, 15) is 0 Å². The Bertz CT molecular complexity index is 3150. The third-order valence-corrected chi connectivity index (χ3v) is 11.0. The Morgan fingerprint density at radius 3 is 1.87 bits per heavy atom. The van der Waals surface area contributed by atoms with Gasteiger partial charge in [0.05, 0.1) is 0 Å². The number of hydrogen-bond donors (Lipinski definition) is 0. The molecule has 0 saturated carbocycles. The number of rotatable bonds is 5. The van der Waals surface area contributed by atoms with Gasteiger partial charge in [0.15, 0.2) is 17.5 Å². The van der Waals surface area contributed by atoms with Gasteiger partial charge in [0, 0.05) is 27.5 Å². The molecule has 0 amide bonds. The highest BCUT2D eigenvalue weighted by molar-refractivity contribution is 6.13. The molecule has 0 fully saturated rings. The Balaban J connectivity index is 1.03. The average Bonchev–Trinajstić information content (AvgIpc) is 3.65. The van der Waals surface area contributed by atoms with Crippen molar-refractivity contribution in [3.05, 3.63) is 181 Å². The van der Waals surface area contributed by atoms with Gasteiger partial charge in [-0.25, -0.2) is 15.0 Å². The number of furan rings is 1. The van der Waals surface area contributed by atoms with Crippen molar-refractivity contribution >= 4 is 49.6 Å². The second kappa shape index (κ2) is 12.8. The second-order valence-electron chi connectivity index (χ2n) is 14.4. The predicted molar refractivity (Wildman–Crippen MR) is 227 cm³/mol. The molecule has 0 atom stereocenters. The van der Waals surface area contributed by atoms with Gasteiger partial charge in [-0.05, 0) is 104 Å². The van der Waals surface area contributed by atoms with E-state index in [2.05, 4.69) is 158 Å². The molecular weight excluding hydrogens is 671 g/mol. The van der Waals surface area contributed by atoms with Gasteiger partial charge in [-0.3, -0.25) is 0 Å². The molecule has 0 saturated heterocycles. The molecule has 258 valence electrons. The van der Waals surface area contributed by atoms with Crippen LogP contribution in [0.3, 0.4) is 0 Å². The summed E-state index contributed by atoms with van der Waals surface area (Å²) in [5.41, 5.74) is 11.8. The molecule has 1 aliphatic rings. The van der Waals surface area contributed by atoms with E-state index >= 15 is 0 Å². The van der Waals surface area contributed by atoms with Crippen molar-refractivity contribution in [1.82, 2.24) is 15.0 Å². The molecule has 0 spiro atoms. The molecule has 11 rings (SSSR count). The summed E-state index contributed by atoms with van der Waals surface area (Å²) in [7, 11) is 0. The van der Waals surface area contributed by atoms with Crippen LogP contribution >= 0.6 is 0 Å². The minimum atomic E-state index is 0.641. The first-order chi connectivity index (χ1) is 27.2. The Kier molecular flexibility index (Phi) is 7.27. The minimum Gasteiger partial charge on any atom is -0.456 e. The lowest BCUT2D eigenvalue weighted by Crippen LogP contribution is -2.01. The minimum absolute atomic E-state index is 0.641. The number of fused-ring (bicyclic) bond motifs is 6. The van der Waals surface area contributed by atoms with Crippen molar-refractivity contribution in [2.24, 2.45) is 0 Å². The van der Waals surface area contributed by atoms with Gasteiger partial charge < -0.3 is 4.42 Å². The molecule has 4 heteroatoms. The van der Waals surface area contributed by atoms with E-state index in [1.54, 1.807) is 0 Å². The van der Waals surface area contributed by atoms with E-state index in [1.807, 2.05) is 18.2 Å². The van der Waals surface area contributed by atoms with E-state index in [4.69, 9.17) is 19.4 Å². The zero-order chi connectivity index (χ0) is 36.3. The van der Waals surface area contributed by atoms with Crippen molar-refractivity contribution in [1.29, 1.82) is 0 Å². The van der Waals surface area contributed by atoms with Gasteiger partial charge in [0.1, 0.15) is 11.2 Å². The van der Waals surface area contributed by atoms with Gasteiger partial charge in [0.25, 0.3) is 0 Å². The Morgan fingerprint density at radius 2 is 1.02 bits per heavy atom. The highest BCUT2D eigenvalue weighted by Gasteiger charge is 2.16. The van der Waals surface area contributed by atoms with Gasteiger partial charge in [-0.15, -0.1) is 0 Å². The van der Waals surface area contributed by atoms with Crippen molar-refractivity contribution in [3.8, 4) is 56.4 Å². The summed E-state index contributed by atoms with van der Waals surface area (Å²) >= 11 is 0.